The molecule has 3 rings (SSSR count). The fourth-order valence-electron chi connectivity index (χ4n) is 2.74. The first-order valence-electron chi connectivity index (χ1n) is 8.06. The molecule has 2 aromatic rings. The van der Waals surface area contributed by atoms with Crippen LogP contribution in [0.15, 0.2) is 33.7 Å². The van der Waals surface area contributed by atoms with Gasteiger partial charge in [-0.25, -0.2) is 13.2 Å². The number of nitrogens with zero attached hydrogens (tertiary/aromatic N) is 3. The van der Waals surface area contributed by atoms with Crippen molar-refractivity contribution in [3.05, 3.63) is 36.0 Å². The number of sulfone groups is 1. The van der Waals surface area contributed by atoms with E-state index in [2.05, 4.69) is 10.1 Å². The largest absolute Gasteiger partial charge is 0.485 e. The summed E-state index contributed by atoms with van der Waals surface area (Å²) in [5.74, 6) is 1.41. The normalized spacial score (nSPS) is 15.8. The Labute approximate surface area is 150 Å². The van der Waals surface area contributed by atoms with E-state index in [1.54, 1.807) is 12.1 Å². The Hall–Kier alpha value is -2.62. The van der Waals surface area contributed by atoms with Gasteiger partial charge in [0.2, 0.25) is 11.7 Å². The van der Waals surface area contributed by atoms with Crippen LogP contribution in [0.5, 0.6) is 5.75 Å². The molecule has 0 saturated carbocycles. The summed E-state index contributed by atoms with van der Waals surface area (Å²) in [6.07, 6.45) is 1.51. The van der Waals surface area contributed by atoms with Crippen molar-refractivity contribution in [1.82, 2.24) is 15.0 Å². The van der Waals surface area contributed by atoms with Crippen LogP contribution < -0.4 is 4.74 Å². The number of likely N-dealkylation sites (tertiary alicyclic amines) is 1. The molecule has 1 aliphatic rings. The summed E-state index contributed by atoms with van der Waals surface area (Å²) in [6, 6.07) is 6.09. The van der Waals surface area contributed by atoms with Gasteiger partial charge in [-0.1, -0.05) is 5.16 Å². The summed E-state index contributed by atoms with van der Waals surface area (Å²) < 4.78 is 33.7. The van der Waals surface area contributed by atoms with Crippen LogP contribution in [-0.4, -0.2) is 54.0 Å². The van der Waals surface area contributed by atoms with Crippen LogP contribution in [-0.2, 0) is 16.4 Å². The Kier molecular flexibility index (Phi) is 5.12. The van der Waals surface area contributed by atoms with E-state index >= 15 is 0 Å². The van der Waals surface area contributed by atoms with Crippen molar-refractivity contribution < 1.29 is 27.6 Å². The number of amides is 1. The number of ether oxygens (including phenoxy) is 1. The lowest BCUT2D eigenvalue weighted by atomic mass is 9.97. The molecule has 1 aromatic carbocycles. The lowest BCUT2D eigenvalue weighted by Gasteiger charge is -2.27. The minimum Gasteiger partial charge on any atom is -0.485 e. The molecule has 26 heavy (non-hydrogen) atoms. The molecule has 0 unspecified atom stereocenters. The van der Waals surface area contributed by atoms with Gasteiger partial charge >= 0.3 is 6.09 Å². The SMILES string of the molecule is CS(=O)(=O)c1ccc(OCc2noc(C3CCN(C(=O)O)CC3)n2)cc1. The third-order valence-corrected chi connectivity index (χ3v) is 5.35. The van der Waals surface area contributed by atoms with Crippen molar-refractivity contribution in [3.8, 4) is 5.75 Å². The molecule has 2 heterocycles. The van der Waals surface area contributed by atoms with Gasteiger partial charge in [-0.3, -0.25) is 0 Å². The first-order chi connectivity index (χ1) is 12.3. The van der Waals surface area contributed by atoms with E-state index < -0.39 is 15.9 Å². The second-order valence-electron chi connectivity index (χ2n) is 6.12. The van der Waals surface area contributed by atoms with Crippen LogP contribution >= 0.6 is 0 Å². The minimum atomic E-state index is -3.24. The first kappa shape index (κ1) is 18.2. The predicted molar refractivity (Wildman–Crippen MR) is 89.8 cm³/mol. The van der Waals surface area contributed by atoms with E-state index in [4.69, 9.17) is 14.4 Å². The van der Waals surface area contributed by atoms with Gasteiger partial charge in [-0.2, -0.15) is 4.98 Å². The summed E-state index contributed by atoms with van der Waals surface area (Å²) in [6.45, 7) is 0.984. The van der Waals surface area contributed by atoms with Crippen LogP contribution in [0.3, 0.4) is 0 Å². The van der Waals surface area contributed by atoms with E-state index in [0.29, 0.717) is 43.4 Å². The zero-order valence-corrected chi connectivity index (χ0v) is 15.0. The standard InChI is InChI=1S/C16H19N3O6S/c1-26(22,23)13-4-2-12(3-5-13)24-10-14-17-15(25-18-14)11-6-8-19(9-7-11)16(20)21/h2-5,11H,6-10H2,1H3,(H,20,21). The molecule has 0 radical (unpaired) electrons. The maximum absolute atomic E-state index is 11.4. The fourth-order valence-corrected chi connectivity index (χ4v) is 3.37. The lowest BCUT2D eigenvalue weighted by molar-refractivity contribution is 0.128. The smallest absolute Gasteiger partial charge is 0.407 e. The zero-order chi connectivity index (χ0) is 18.7. The molecule has 0 spiro atoms. The molecule has 1 aromatic heterocycles. The van der Waals surface area contributed by atoms with Gasteiger partial charge in [0.25, 0.3) is 0 Å². The number of piperidine rings is 1. The quantitative estimate of drug-likeness (QED) is 0.833. The number of hydrogen-bond acceptors (Lipinski definition) is 7. The van der Waals surface area contributed by atoms with Crippen LogP contribution in [0.2, 0.25) is 0 Å². The van der Waals surface area contributed by atoms with E-state index in [0.717, 1.165) is 6.26 Å². The van der Waals surface area contributed by atoms with Crippen molar-refractivity contribution in [3.63, 3.8) is 0 Å². The molecule has 140 valence electrons. The molecule has 0 aliphatic carbocycles. The van der Waals surface area contributed by atoms with Crippen molar-refractivity contribution >= 4 is 15.9 Å². The molecule has 10 heteroatoms. The summed E-state index contributed by atoms with van der Waals surface area (Å²) in [5, 5.41) is 12.8. The van der Waals surface area contributed by atoms with E-state index in [1.807, 2.05) is 0 Å². The van der Waals surface area contributed by atoms with Crippen molar-refractivity contribution in [2.45, 2.75) is 30.3 Å². The summed E-state index contributed by atoms with van der Waals surface area (Å²) in [5.41, 5.74) is 0. The summed E-state index contributed by atoms with van der Waals surface area (Å²) in [7, 11) is -3.24. The molecule has 9 nitrogen and oxygen atoms in total. The molecule has 0 bridgehead atoms. The monoisotopic (exact) mass is 381 g/mol. The number of benzene rings is 1. The van der Waals surface area contributed by atoms with Gasteiger partial charge in [0.05, 0.1) is 4.90 Å². The van der Waals surface area contributed by atoms with Crippen LogP contribution in [0.25, 0.3) is 0 Å². The maximum atomic E-state index is 11.4. The molecule has 1 fully saturated rings. The number of carboxylic acid groups (broad SMARTS) is 1. The second kappa shape index (κ2) is 7.32. The number of rotatable bonds is 5. The van der Waals surface area contributed by atoms with Crippen molar-refractivity contribution in [2.75, 3.05) is 19.3 Å². The molecule has 1 aliphatic heterocycles. The minimum absolute atomic E-state index is 0.0425. The number of aromatic nitrogens is 2. The Morgan fingerprint density at radius 1 is 1.31 bits per heavy atom. The average Bonchev–Trinajstić information content (AvgIpc) is 3.08. The van der Waals surface area contributed by atoms with Gasteiger partial charge in [0.15, 0.2) is 16.4 Å². The van der Waals surface area contributed by atoms with E-state index in [1.165, 1.54) is 17.0 Å². The highest BCUT2D eigenvalue weighted by Gasteiger charge is 2.27. The topological polar surface area (TPSA) is 123 Å². The third-order valence-electron chi connectivity index (χ3n) is 4.22. The molecular weight excluding hydrogens is 362 g/mol. The Bertz CT molecular complexity index is 870. The van der Waals surface area contributed by atoms with Crippen LogP contribution in [0, 0.1) is 0 Å². The molecule has 1 N–H and O–H groups in total. The predicted octanol–water partition coefficient (Wildman–Crippen LogP) is 1.91. The highest BCUT2D eigenvalue weighted by molar-refractivity contribution is 7.90. The van der Waals surface area contributed by atoms with Crippen LogP contribution in [0.4, 0.5) is 4.79 Å². The fraction of sp³-hybridized carbons (Fsp3) is 0.438. The summed E-state index contributed by atoms with van der Waals surface area (Å²) in [4.78, 5) is 16.8. The van der Waals surface area contributed by atoms with Gasteiger partial charge in [0.1, 0.15) is 5.75 Å². The molecular formula is C16H19N3O6S. The third kappa shape index (κ3) is 4.31. The van der Waals surface area contributed by atoms with Gasteiger partial charge < -0.3 is 19.3 Å². The zero-order valence-electron chi connectivity index (χ0n) is 14.2. The maximum Gasteiger partial charge on any atom is 0.407 e. The molecule has 0 atom stereocenters. The number of hydrogen-bond donors (Lipinski definition) is 1. The number of carbonyl (C=O) groups is 1. The Morgan fingerprint density at radius 2 is 1.96 bits per heavy atom. The van der Waals surface area contributed by atoms with Crippen molar-refractivity contribution in [1.29, 1.82) is 0 Å². The summed E-state index contributed by atoms with van der Waals surface area (Å²) >= 11 is 0. The van der Waals surface area contributed by atoms with E-state index in [-0.39, 0.29) is 17.4 Å². The van der Waals surface area contributed by atoms with Crippen molar-refractivity contribution in [2.24, 2.45) is 0 Å². The first-order valence-corrected chi connectivity index (χ1v) is 9.95. The lowest BCUT2D eigenvalue weighted by Crippen LogP contribution is -2.36. The average molecular weight is 381 g/mol. The van der Waals surface area contributed by atoms with Gasteiger partial charge in [-0.15, -0.1) is 0 Å². The highest BCUT2D eigenvalue weighted by Crippen LogP contribution is 2.27. The van der Waals surface area contributed by atoms with Gasteiger partial charge in [0, 0.05) is 25.3 Å². The Morgan fingerprint density at radius 3 is 2.54 bits per heavy atom. The second-order valence-corrected chi connectivity index (χ2v) is 8.14. The Balaban J connectivity index is 1.55. The van der Waals surface area contributed by atoms with Crippen LogP contribution in [0.1, 0.15) is 30.5 Å². The van der Waals surface area contributed by atoms with E-state index in [9.17, 15) is 13.2 Å². The van der Waals surface area contributed by atoms with Gasteiger partial charge in [-0.05, 0) is 37.1 Å². The highest BCUT2D eigenvalue weighted by atomic mass is 32.2. The molecule has 1 saturated heterocycles. The molecule has 1 amide bonds.